The normalized spacial score (nSPS) is 19.3. The molecule has 2 aromatic rings. The van der Waals surface area contributed by atoms with Gasteiger partial charge in [-0.25, -0.2) is 4.98 Å². The molecule has 31 heavy (non-hydrogen) atoms. The Balaban J connectivity index is 1.59. The van der Waals surface area contributed by atoms with E-state index in [0.717, 1.165) is 75.8 Å². The summed E-state index contributed by atoms with van der Waals surface area (Å²) >= 11 is 0. The maximum Gasteiger partial charge on any atom is 0.278 e. The van der Waals surface area contributed by atoms with Crippen LogP contribution in [0, 0.1) is 5.92 Å². The van der Waals surface area contributed by atoms with Crippen LogP contribution >= 0.6 is 0 Å². The van der Waals surface area contributed by atoms with Crippen molar-refractivity contribution in [2.45, 2.75) is 51.9 Å². The molecule has 0 spiro atoms. The minimum absolute atomic E-state index is 0.0782. The zero-order valence-corrected chi connectivity index (χ0v) is 19.6. The summed E-state index contributed by atoms with van der Waals surface area (Å²) in [5, 5.41) is 4.59. The summed E-state index contributed by atoms with van der Waals surface area (Å²) in [6.07, 6.45) is 8.40. The minimum Gasteiger partial charge on any atom is -0.341 e. The Hall–Kier alpha value is -1.93. The Kier molecular flexibility index (Phi) is 7.27. The number of likely N-dealkylation sites (N-methyl/N-ethyl adjacent to an activating group) is 1. The number of hydrogen-bond donors (Lipinski definition) is 1. The fourth-order valence-corrected chi connectivity index (χ4v) is 5.09. The van der Waals surface area contributed by atoms with Crippen molar-refractivity contribution < 1.29 is 0 Å². The standard InChI is InChI=1S/C23H39N7O/c1-4-8-19-20-21(28(3)26-19)22(31)25-23(24-20)30(17-18-9-6-5-7-10-18)16-15-29-13-11-27(2)12-14-29/h18H,4-17H2,1-3H3,(H,24,25,31). The highest BCUT2D eigenvalue weighted by Crippen LogP contribution is 2.26. The Labute approximate surface area is 185 Å². The summed E-state index contributed by atoms with van der Waals surface area (Å²) in [5.74, 6) is 1.41. The first kappa shape index (κ1) is 22.3. The molecule has 8 heteroatoms. The van der Waals surface area contributed by atoms with E-state index >= 15 is 0 Å². The third-order valence-corrected chi connectivity index (χ3v) is 7.02. The largest absolute Gasteiger partial charge is 0.341 e. The molecular weight excluding hydrogens is 390 g/mol. The topological polar surface area (TPSA) is 73.3 Å². The van der Waals surface area contributed by atoms with Crippen LogP contribution < -0.4 is 10.5 Å². The molecule has 0 atom stereocenters. The number of aromatic nitrogens is 4. The van der Waals surface area contributed by atoms with Crippen LogP contribution in [0.1, 0.15) is 51.1 Å². The van der Waals surface area contributed by atoms with Crippen LogP contribution in [-0.4, -0.2) is 82.4 Å². The molecule has 0 radical (unpaired) electrons. The third-order valence-electron chi connectivity index (χ3n) is 7.02. The molecule has 0 aromatic carbocycles. The monoisotopic (exact) mass is 429 g/mol. The second-order valence-corrected chi connectivity index (χ2v) is 9.50. The molecular formula is C23H39N7O. The average Bonchev–Trinajstić information content (AvgIpc) is 3.09. The van der Waals surface area contributed by atoms with E-state index < -0.39 is 0 Å². The number of piperazine rings is 1. The van der Waals surface area contributed by atoms with E-state index in [0.29, 0.717) is 11.4 Å². The predicted octanol–water partition coefficient (Wildman–Crippen LogP) is 2.24. The highest BCUT2D eigenvalue weighted by atomic mass is 16.1. The van der Waals surface area contributed by atoms with Crippen LogP contribution in [-0.2, 0) is 13.5 Å². The van der Waals surface area contributed by atoms with Crippen LogP contribution in [0.15, 0.2) is 4.79 Å². The number of hydrogen-bond acceptors (Lipinski definition) is 6. The molecule has 1 aliphatic carbocycles. The quantitative estimate of drug-likeness (QED) is 0.694. The van der Waals surface area contributed by atoms with Crippen molar-refractivity contribution in [1.82, 2.24) is 29.5 Å². The molecule has 1 aliphatic heterocycles. The van der Waals surface area contributed by atoms with E-state index in [1.807, 2.05) is 7.05 Å². The lowest BCUT2D eigenvalue weighted by molar-refractivity contribution is 0.156. The lowest BCUT2D eigenvalue weighted by Gasteiger charge is -2.35. The summed E-state index contributed by atoms with van der Waals surface area (Å²) in [6, 6.07) is 0. The number of nitrogens with one attached hydrogen (secondary N) is 1. The van der Waals surface area contributed by atoms with Crippen molar-refractivity contribution in [1.29, 1.82) is 0 Å². The van der Waals surface area contributed by atoms with Gasteiger partial charge < -0.3 is 9.80 Å². The van der Waals surface area contributed by atoms with E-state index in [-0.39, 0.29) is 5.56 Å². The molecule has 4 rings (SSSR count). The zero-order chi connectivity index (χ0) is 21.8. The van der Waals surface area contributed by atoms with Gasteiger partial charge in [0.05, 0.1) is 5.69 Å². The molecule has 1 saturated heterocycles. The second-order valence-electron chi connectivity index (χ2n) is 9.50. The molecule has 3 heterocycles. The van der Waals surface area contributed by atoms with E-state index in [4.69, 9.17) is 4.98 Å². The first-order valence-corrected chi connectivity index (χ1v) is 12.2. The Morgan fingerprint density at radius 3 is 2.55 bits per heavy atom. The fourth-order valence-electron chi connectivity index (χ4n) is 5.09. The molecule has 8 nitrogen and oxygen atoms in total. The maximum absolute atomic E-state index is 13.0. The third kappa shape index (κ3) is 5.29. The van der Waals surface area contributed by atoms with Crippen molar-refractivity contribution in [2.75, 3.05) is 57.8 Å². The lowest BCUT2D eigenvalue weighted by Crippen LogP contribution is -2.47. The highest BCUT2D eigenvalue weighted by molar-refractivity contribution is 5.77. The van der Waals surface area contributed by atoms with Gasteiger partial charge in [0.2, 0.25) is 5.95 Å². The molecule has 172 valence electrons. The summed E-state index contributed by atoms with van der Waals surface area (Å²) in [4.78, 5) is 28.3. The predicted molar refractivity (Wildman–Crippen MR) is 126 cm³/mol. The Morgan fingerprint density at radius 2 is 1.84 bits per heavy atom. The van der Waals surface area contributed by atoms with Crippen LogP contribution in [0.25, 0.3) is 11.0 Å². The van der Waals surface area contributed by atoms with Crippen LogP contribution in [0.3, 0.4) is 0 Å². The summed E-state index contributed by atoms with van der Waals surface area (Å²) < 4.78 is 1.69. The van der Waals surface area contributed by atoms with E-state index in [9.17, 15) is 4.79 Å². The van der Waals surface area contributed by atoms with E-state index in [2.05, 4.69) is 38.8 Å². The van der Waals surface area contributed by atoms with Crippen LogP contribution in [0.4, 0.5) is 5.95 Å². The number of aromatic amines is 1. The highest BCUT2D eigenvalue weighted by Gasteiger charge is 2.23. The van der Waals surface area contributed by atoms with Crippen molar-refractivity contribution in [3.8, 4) is 0 Å². The van der Waals surface area contributed by atoms with Gasteiger partial charge in [0.1, 0.15) is 5.52 Å². The van der Waals surface area contributed by atoms with Crippen molar-refractivity contribution in [2.24, 2.45) is 13.0 Å². The summed E-state index contributed by atoms with van der Waals surface area (Å²) in [6.45, 7) is 9.50. The molecule has 0 unspecified atom stereocenters. The van der Waals surface area contributed by atoms with Gasteiger partial charge in [-0.15, -0.1) is 0 Å². The molecule has 1 saturated carbocycles. The van der Waals surface area contributed by atoms with Gasteiger partial charge >= 0.3 is 0 Å². The van der Waals surface area contributed by atoms with Crippen molar-refractivity contribution >= 4 is 17.0 Å². The second kappa shape index (κ2) is 10.1. The van der Waals surface area contributed by atoms with Gasteiger partial charge in [-0.2, -0.15) is 5.10 Å². The number of H-pyrrole nitrogens is 1. The first-order valence-electron chi connectivity index (χ1n) is 12.2. The summed E-state index contributed by atoms with van der Waals surface area (Å²) in [7, 11) is 4.03. The van der Waals surface area contributed by atoms with Crippen LogP contribution in [0.5, 0.6) is 0 Å². The van der Waals surface area contributed by atoms with Gasteiger partial charge in [-0.1, -0.05) is 32.6 Å². The molecule has 2 aliphatic rings. The average molecular weight is 430 g/mol. The van der Waals surface area contributed by atoms with Crippen molar-refractivity contribution in [3.05, 3.63) is 16.0 Å². The first-order chi connectivity index (χ1) is 15.0. The number of aryl methyl sites for hydroxylation is 2. The Morgan fingerprint density at radius 1 is 1.10 bits per heavy atom. The van der Waals surface area contributed by atoms with Gasteiger partial charge in [-0.3, -0.25) is 19.4 Å². The SMILES string of the molecule is CCCc1nn(C)c2c(=O)[nH]c(N(CCN3CCN(C)CC3)CC3CCCCC3)nc12. The van der Waals surface area contributed by atoms with E-state index in [1.165, 1.54) is 32.1 Å². The summed E-state index contributed by atoms with van der Waals surface area (Å²) in [5.41, 5.74) is 2.22. The molecule has 0 bridgehead atoms. The fraction of sp³-hybridized carbons (Fsp3) is 0.783. The van der Waals surface area contributed by atoms with Gasteiger partial charge in [0, 0.05) is 52.9 Å². The smallest absolute Gasteiger partial charge is 0.278 e. The van der Waals surface area contributed by atoms with Crippen LogP contribution in [0.2, 0.25) is 0 Å². The molecule has 1 N–H and O–H groups in total. The number of anilines is 1. The van der Waals surface area contributed by atoms with Gasteiger partial charge in [0.15, 0.2) is 5.52 Å². The molecule has 2 fully saturated rings. The van der Waals surface area contributed by atoms with Crippen molar-refractivity contribution in [3.63, 3.8) is 0 Å². The molecule has 0 amide bonds. The number of fused-ring (bicyclic) bond motifs is 1. The maximum atomic E-state index is 13.0. The lowest BCUT2D eigenvalue weighted by atomic mass is 9.89. The number of nitrogens with zero attached hydrogens (tertiary/aromatic N) is 6. The Bertz CT molecular complexity index is 907. The van der Waals surface area contributed by atoms with Gasteiger partial charge in [0.25, 0.3) is 5.56 Å². The molecule has 2 aromatic heterocycles. The zero-order valence-electron chi connectivity index (χ0n) is 19.6. The number of rotatable bonds is 8. The van der Waals surface area contributed by atoms with E-state index in [1.54, 1.807) is 4.68 Å². The van der Waals surface area contributed by atoms with Gasteiger partial charge in [-0.05, 0) is 32.2 Å². The minimum atomic E-state index is -0.0782.